The fourth-order valence-corrected chi connectivity index (χ4v) is 1.44. The van der Waals surface area contributed by atoms with Gasteiger partial charge in [0.15, 0.2) is 0 Å². The Morgan fingerprint density at radius 2 is 1.89 bits per heavy atom. The summed E-state index contributed by atoms with van der Waals surface area (Å²) >= 11 is 0. The third-order valence-corrected chi connectivity index (χ3v) is 2.26. The Morgan fingerprint density at radius 1 is 1.11 bits per heavy atom. The second kappa shape index (κ2) is 3.91. The Morgan fingerprint density at radius 3 is 2.67 bits per heavy atom. The number of benzene rings is 1. The Bertz CT molecular complexity index is 748. The lowest BCUT2D eigenvalue weighted by Crippen LogP contribution is -2.19. The summed E-state index contributed by atoms with van der Waals surface area (Å²) in [6.07, 6.45) is 0. The van der Waals surface area contributed by atoms with E-state index in [0.717, 1.165) is 4.52 Å². The zero-order valence-electron chi connectivity index (χ0n) is 9.39. The number of ether oxygens (including phenoxy) is 1. The van der Waals surface area contributed by atoms with Crippen LogP contribution in [-0.4, -0.2) is 29.6 Å². The van der Waals surface area contributed by atoms with Crippen molar-refractivity contribution in [3.05, 3.63) is 40.8 Å². The van der Waals surface area contributed by atoms with Crippen LogP contribution < -0.4 is 10.4 Å². The highest BCUT2D eigenvalue weighted by Gasteiger charge is 2.10. The molecule has 2 heterocycles. The fourth-order valence-electron chi connectivity index (χ4n) is 1.44. The number of rotatable bonds is 2. The van der Waals surface area contributed by atoms with E-state index in [2.05, 4.69) is 20.4 Å². The van der Waals surface area contributed by atoms with Crippen molar-refractivity contribution < 1.29 is 4.74 Å². The number of aromatic nitrogens is 6. The van der Waals surface area contributed by atoms with Crippen LogP contribution >= 0.6 is 0 Å². The van der Waals surface area contributed by atoms with Crippen LogP contribution in [0.5, 0.6) is 11.8 Å². The molecule has 0 spiro atoms. The normalized spacial score (nSPS) is 10.7. The zero-order valence-corrected chi connectivity index (χ0v) is 9.39. The predicted octanol–water partition coefficient (Wildman–Crippen LogP) is 0.0103. The van der Waals surface area contributed by atoms with Gasteiger partial charge in [-0.15, -0.1) is 9.50 Å². The van der Waals surface area contributed by atoms with E-state index < -0.39 is 5.69 Å². The molecule has 2 aromatic heterocycles. The van der Waals surface area contributed by atoms with Gasteiger partial charge in [-0.3, -0.25) is 0 Å². The highest BCUT2D eigenvalue weighted by molar-refractivity contribution is 5.28. The van der Waals surface area contributed by atoms with Crippen molar-refractivity contribution >= 4 is 5.78 Å². The average Bonchev–Trinajstić information content (AvgIpc) is 2.73. The van der Waals surface area contributed by atoms with E-state index in [1.807, 2.05) is 18.2 Å². The highest BCUT2D eigenvalue weighted by Crippen LogP contribution is 2.15. The molecule has 8 heteroatoms. The number of tetrazole rings is 1. The molecular weight excluding hydrogens is 236 g/mol. The number of nitrogens with zero attached hydrogens (tertiary/aromatic N) is 6. The summed E-state index contributed by atoms with van der Waals surface area (Å²) in [6.45, 7) is 0. The molecule has 0 fully saturated rings. The van der Waals surface area contributed by atoms with Crippen molar-refractivity contribution in [1.82, 2.24) is 29.6 Å². The molecule has 0 bridgehead atoms. The topological polar surface area (TPSA) is 87.2 Å². The molecule has 0 unspecified atom stereocenters. The van der Waals surface area contributed by atoms with E-state index in [4.69, 9.17) is 4.74 Å². The molecule has 0 N–H and O–H groups in total. The van der Waals surface area contributed by atoms with E-state index in [-0.39, 0.29) is 11.8 Å². The SMILES string of the molecule is Cn1nnn2c(=O)nc(Oc3ccccc3)nc12. The van der Waals surface area contributed by atoms with E-state index in [9.17, 15) is 4.79 Å². The monoisotopic (exact) mass is 244 g/mol. The van der Waals surface area contributed by atoms with Gasteiger partial charge in [0.05, 0.1) is 0 Å². The van der Waals surface area contributed by atoms with Gasteiger partial charge in [0.25, 0.3) is 5.78 Å². The van der Waals surface area contributed by atoms with E-state index in [0.29, 0.717) is 5.75 Å². The van der Waals surface area contributed by atoms with Crippen molar-refractivity contribution in [2.24, 2.45) is 7.05 Å². The number of fused-ring (bicyclic) bond motifs is 1. The third-order valence-electron chi connectivity index (χ3n) is 2.26. The molecule has 90 valence electrons. The molecule has 8 nitrogen and oxygen atoms in total. The molecule has 1 aromatic carbocycles. The quantitative estimate of drug-likeness (QED) is 0.631. The van der Waals surface area contributed by atoms with Gasteiger partial charge in [-0.05, 0) is 22.6 Å². The van der Waals surface area contributed by atoms with Gasteiger partial charge in [0.2, 0.25) is 0 Å². The lowest BCUT2D eigenvalue weighted by molar-refractivity contribution is 0.436. The van der Waals surface area contributed by atoms with Crippen molar-refractivity contribution in [3.8, 4) is 11.8 Å². The molecule has 0 atom stereocenters. The van der Waals surface area contributed by atoms with Gasteiger partial charge >= 0.3 is 11.7 Å². The lowest BCUT2D eigenvalue weighted by Gasteiger charge is -2.02. The summed E-state index contributed by atoms with van der Waals surface area (Å²) in [5, 5.41) is 7.28. The highest BCUT2D eigenvalue weighted by atomic mass is 16.5. The Labute approximate surface area is 100 Å². The van der Waals surface area contributed by atoms with Gasteiger partial charge in [-0.25, -0.2) is 9.48 Å². The first-order valence-electron chi connectivity index (χ1n) is 5.14. The molecule has 0 saturated heterocycles. The van der Waals surface area contributed by atoms with Gasteiger partial charge in [0.1, 0.15) is 5.75 Å². The number of hydrogen-bond acceptors (Lipinski definition) is 6. The molecular formula is C10H8N6O2. The van der Waals surface area contributed by atoms with Gasteiger partial charge in [-0.2, -0.15) is 4.98 Å². The first kappa shape index (κ1) is 10.4. The fraction of sp³-hybridized carbons (Fsp3) is 0.100. The molecule has 18 heavy (non-hydrogen) atoms. The van der Waals surface area contributed by atoms with Crippen molar-refractivity contribution in [2.45, 2.75) is 0 Å². The number of para-hydroxylation sites is 1. The molecule has 0 saturated carbocycles. The van der Waals surface area contributed by atoms with Gasteiger partial charge < -0.3 is 4.74 Å². The Balaban J connectivity index is 2.08. The molecule has 0 radical (unpaired) electrons. The molecule has 0 aliphatic rings. The minimum Gasteiger partial charge on any atom is -0.424 e. The first-order chi connectivity index (χ1) is 8.74. The third kappa shape index (κ3) is 1.69. The summed E-state index contributed by atoms with van der Waals surface area (Å²) < 4.78 is 7.75. The van der Waals surface area contributed by atoms with Crippen molar-refractivity contribution in [2.75, 3.05) is 0 Å². The summed E-state index contributed by atoms with van der Waals surface area (Å²) in [7, 11) is 1.63. The second-order valence-electron chi connectivity index (χ2n) is 3.52. The molecule has 0 amide bonds. The van der Waals surface area contributed by atoms with Gasteiger partial charge in [-0.1, -0.05) is 18.2 Å². The number of aryl methyl sites for hydroxylation is 1. The zero-order chi connectivity index (χ0) is 12.5. The lowest BCUT2D eigenvalue weighted by atomic mass is 10.3. The van der Waals surface area contributed by atoms with Crippen LogP contribution in [0.1, 0.15) is 0 Å². The smallest absolute Gasteiger partial charge is 0.377 e. The maximum atomic E-state index is 11.6. The summed E-state index contributed by atoms with van der Waals surface area (Å²) in [5.74, 6) is 0.817. The minimum atomic E-state index is -0.584. The second-order valence-corrected chi connectivity index (χ2v) is 3.52. The largest absolute Gasteiger partial charge is 0.424 e. The van der Waals surface area contributed by atoms with E-state index in [1.165, 1.54) is 4.68 Å². The van der Waals surface area contributed by atoms with Crippen LogP contribution in [0.2, 0.25) is 0 Å². The Hall–Kier alpha value is -2.77. The van der Waals surface area contributed by atoms with Crippen molar-refractivity contribution in [1.29, 1.82) is 0 Å². The molecule has 3 rings (SSSR count). The Kier molecular flexibility index (Phi) is 2.26. The van der Waals surface area contributed by atoms with Crippen LogP contribution in [0.15, 0.2) is 35.1 Å². The van der Waals surface area contributed by atoms with Crippen LogP contribution in [0.3, 0.4) is 0 Å². The van der Waals surface area contributed by atoms with Crippen molar-refractivity contribution in [3.63, 3.8) is 0 Å². The van der Waals surface area contributed by atoms with Crippen LogP contribution in [-0.2, 0) is 7.05 Å². The summed E-state index contributed by atoms with van der Waals surface area (Å²) in [5.41, 5.74) is -0.584. The molecule has 0 aliphatic carbocycles. The predicted molar refractivity (Wildman–Crippen MR) is 60.3 cm³/mol. The maximum Gasteiger partial charge on any atom is 0.377 e. The van der Waals surface area contributed by atoms with E-state index >= 15 is 0 Å². The summed E-state index contributed by atoms with van der Waals surface area (Å²) in [4.78, 5) is 19.3. The minimum absolute atomic E-state index is 0.0309. The number of hydrogen-bond donors (Lipinski definition) is 0. The first-order valence-corrected chi connectivity index (χ1v) is 5.14. The molecule has 3 aromatic rings. The summed E-state index contributed by atoms with van der Waals surface area (Å²) in [6, 6.07) is 8.94. The van der Waals surface area contributed by atoms with Gasteiger partial charge in [0, 0.05) is 7.05 Å². The average molecular weight is 244 g/mol. The van der Waals surface area contributed by atoms with Crippen LogP contribution in [0, 0.1) is 0 Å². The standard InChI is InChI=1S/C10H8N6O2/c1-15-9-11-8(12-10(17)16(9)14-13-15)18-7-5-3-2-4-6-7/h2-6H,1H3. The van der Waals surface area contributed by atoms with Crippen LogP contribution in [0.25, 0.3) is 5.78 Å². The maximum absolute atomic E-state index is 11.6. The molecule has 0 aliphatic heterocycles. The van der Waals surface area contributed by atoms with Crippen LogP contribution in [0.4, 0.5) is 0 Å². The van der Waals surface area contributed by atoms with E-state index in [1.54, 1.807) is 19.2 Å².